The number of hydrazone groups is 1. The van der Waals surface area contributed by atoms with Gasteiger partial charge in [0.25, 0.3) is 5.91 Å². The minimum Gasteiger partial charge on any atom is -0.467 e. The fourth-order valence-corrected chi connectivity index (χ4v) is 4.17. The largest absolute Gasteiger partial charge is 0.467 e. The van der Waals surface area contributed by atoms with E-state index in [0.717, 1.165) is 27.5 Å². The normalized spacial score (nSPS) is 16.0. The summed E-state index contributed by atoms with van der Waals surface area (Å²) in [6.45, 7) is 2.64. The number of benzene rings is 2. The standard InChI is InChI=1S/C24H24N2O3S/c1-17-5-9-19(10-6-17)21-14-22(23-4-3-13-29-23)26(25-21)24(27)16-30-20-11-7-18(8-12-20)15-28-2/h3-13,22H,14-16H2,1-2H3. The number of carbonyl (C=O) groups excluding carboxylic acids is 1. The molecule has 1 amide bonds. The summed E-state index contributed by atoms with van der Waals surface area (Å²) in [4.78, 5) is 14.1. The molecule has 3 aromatic rings. The molecular formula is C24H24N2O3S. The Morgan fingerprint density at radius 2 is 1.93 bits per heavy atom. The smallest absolute Gasteiger partial charge is 0.253 e. The molecule has 0 saturated carbocycles. The maximum absolute atomic E-state index is 13.1. The van der Waals surface area contributed by atoms with Gasteiger partial charge < -0.3 is 9.15 Å². The monoisotopic (exact) mass is 420 g/mol. The van der Waals surface area contributed by atoms with Gasteiger partial charge in [-0.15, -0.1) is 11.8 Å². The zero-order valence-electron chi connectivity index (χ0n) is 17.1. The van der Waals surface area contributed by atoms with Crippen molar-refractivity contribution < 1.29 is 13.9 Å². The van der Waals surface area contributed by atoms with Crippen LogP contribution in [-0.4, -0.2) is 29.5 Å². The molecule has 1 atom stereocenters. The van der Waals surface area contributed by atoms with Crippen LogP contribution in [0.15, 0.2) is 81.3 Å². The Morgan fingerprint density at radius 3 is 2.60 bits per heavy atom. The van der Waals surface area contributed by atoms with E-state index in [2.05, 4.69) is 36.3 Å². The van der Waals surface area contributed by atoms with Crippen LogP contribution < -0.4 is 0 Å². The molecule has 1 aliphatic heterocycles. The van der Waals surface area contributed by atoms with E-state index in [1.807, 2.05) is 36.4 Å². The first-order valence-corrected chi connectivity index (χ1v) is 10.8. The quantitative estimate of drug-likeness (QED) is 0.493. The molecule has 1 unspecified atom stereocenters. The predicted molar refractivity (Wildman–Crippen MR) is 119 cm³/mol. The summed E-state index contributed by atoms with van der Waals surface area (Å²) in [6.07, 6.45) is 2.27. The van der Waals surface area contributed by atoms with Crippen LogP contribution in [0.25, 0.3) is 0 Å². The number of aryl methyl sites for hydroxylation is 1. The minimum atomic E-state index is -0.214. The molecule has 4 rings (SSSR count). The van der Waals surface area contributed by atoms with Crippen molar-refractivity contribution in [2.45, 2.75) is 30.9 Å². The van der Waals surface area contributed by atoms with Gasteiger partial charge in [0.15, 0.2) is 0 Å². The third kappa shape index (κ3) is 4.66. The first kappa shape index (κ1) is 20.4. The molecule has 6 heteroatoms. The Morgan fingerprint density at radius 1 is 1.17 bits per heavy atom. The Labute approximate surface area is 180 Å². The molecule has 30 heavy (non-hydrogen) atoms. The molecule has 1 aliphatic rings. The lowest BCUT2D eigenvalue weighted by atomic mass is 10.0. The summed E-state index contributed by atoms with van der Waals surface area (Å²) in [5.74, 6) is 1.03. The second-order valence-corrected chi connectivity index (χ2v) is 8.30. The number of ether oxygens (including phenoxy) is 1. The van der Waals surface area contributed by atoms with Gasteiger partial charge in [-0.1, -0.05) is 42.0 Å². The van der Waals surface area contributed by atoms with E-state index in [1.165, 1.54) is 17.3 Å². The maximum atomic E-state index is 13.1. The molecular weight excluding hydrogens is 396 g/mol. The summed E-state index contributed by atoms with van der Waals surface area (Å²) < 4.78 is 10.8. The number of furan rings is 1. The van der Waals surface area contributed by atoms with E-state index in [1.54, 1.807) is 18.4 Å². The van der Waals surface area contributed by atoms with Crippen LogP contribution in [0.4, 0.5) is 0 Å². The van der Waals surface area contributed by atoms with E-state index < -0.39 is 0 Å². The predicted octanol–water partition coefficient (Wildman–Crippen LogP) is 5.20. The van der Waals surface area contributed by atoms with Gasteiger partial charge in [0.1, 0.15) is 11.8 Å². The Hall–Kier alpha value is -2.83. The number of nitrogens with zero attached hydrogens (tertiary/aromatic N) is 2. The van der Waals surface area contributed by atoms with Crippen molar-refractivity contribution in [3.05, 3.63) is 89.4 Å². The highest BCUT2D eigenvalue weighted by Gasteiger charge is 2.34. The van der Waals surface area contributed by atoms with Crippen LogP contribution in [0.5, 0.6) is 0 Å². The maximum Gasteiger partial charge on any atom is 0.253 e. The molecule has 0 fully saturated rings. The van der Waals surface area contributed by atoms with Crippen LogP contribution >= 0.6 is 11.8 Å². The Balaban J connectivity index is 1.49. The van der Waals surface area contributed by atoms with E-state index in [9.17, 15) is 4.79 Å². The highest BCUT2D eigenvalue weighted by Crippen LogP contribution is 2.34. The second-order valence-electron chi connectivity index (χ2n) is 7.25. The van der Waals surface area contributed by atoms with Crippen molar-refractivity contribution in [3.8, 4) is 0 Å². The third-order valence-electron chi connectivity index (χ3n) is 5.02. The molecule has 0 radical (unpaired) electrons. The molecule has 1 aromatic heterocycles. The van der Waals surface area contributed by atoms with Crippen LogP contribution in [0, 0.1) is 6.92 Å². The summed E-state index contributed by atoms with van der Waals surface area (Å²) in [6, 6.07) is 19.8. The van der Waals surface area contributed by atoms with Gasteiger partial charge in [-0.2, -0.15) is 5.10 Å². The van der Waals surface area contributed by atoms with E-state index in [0.29, 0.717) is 18.8 Å². The zero-order valence-corrected chi connectivity index (χ0v) is 17.9. The summed E-state index contributed by atoms with van der Waals surface area (Å²) in [5, 5.41) is 6.27. The molecule has 0 N–H and O–H groups in total. The lowest BCUT2D eigenvalue weighted by Crippen LogP contribution is -2.28. The molecule has 2 aromatic carbocycles. The third-order valence-corrected chi connectivity index (χ3v) is 6.02. The van der Waals surface area contributed by atoms with E-state index >= 15 is 0 Å². The van der Waals surface area contributed by atoms with Crippen molar-refractivity contribution in [2.75, 3.05) is 12.9 Å². The average molecular weight is 421 g/mol. The lowest BCUT2D eigenvalue weighted by Gasteiger charge is -2.19. The van der Waals surface area contributed by atoms with Crippen molar-refractivity contribution in [1.82, 2.24) is 5.01 Å². The van der Waals surface area contributed by atoms with Crippen molar-refractivity contribution in [3.63, 3.8) is 0 Å². The fourth-order valence-electron chi connectivity index (χ4n) is 3.42. The van der Waals surface area contributed by atoms with Gasteiger partial charge in [0, 0.05) is 18.4 Å². The Kier molecular flexibility index (Phi) is 6.35. The van der Waals surface area contributed by atoms with Gasteiger partial charge in [-0.05, 0) is 42.3 Å². The number of rotatable bonds is 7. The van der Waals surface area contributed by atoms with Crippen molar-refractivity contribution in [1.29, 1.82) is 0 Å². The molecule has 0 spiro atoms. The number of amides is 1. The average Bonchev–Trinajstić information content (AvgIpc) is 3.44. The first-order chi connectivity index (χ1) is 14.6. The highest BCUT2D eigenvalue weighted by molar-refractivity contribution is 8.00. The molecule has 0 aliphatic carbocycles. The summed E-state index contributed by atoms with van der Waals surface area (Å²) in [7, 11) is 1.68. The van der Waals surface area contributed by atoms with Crippen molar-refractivity contribution in [2.24, 2.45) is 5.10 Å². The molecule has 0 saturated heterocycles. The topological polar surface area (TPSA) is 55.0 Å². The van der Waals surface area contributed by atoms with Gasteiger partial charge >= 0.3 is 0 Å². The van der Waals surface area contributed by atoms with Crippen LogP contribution in [-0.2, 0) is 16.1 Å². The minimum absolute atomic E-state index is 0.0375. The van der Waals surface area contributed by atoms with Crippen LogP contribution in [0.2, 0.25) is 0 Å². The van der Waals surface area contributed by atoms with Crippen LogP contribution in [0.1, 0.15) is 34.9 Å². The Bertz CT molecular complexity index is 1010. The SMILES string of the molecule is COCc1ccc(SCC(=O)N2N=C(c3ccc(C)cc3)CC2c2ccco2)cc1. The second kappa shape index (κ2) is 9.32. The van der Waals surface area contributed by atoms with Crippen molar-refractivity contribution >= 4 is 23.4 Å². The first-order valence-electron chi connectivity index (χ1n) is 9.84. The zero-order chi connectivity index (χ0) is 20.9. The molecule has 154 valence electrons. The fraction of sp³-hybridized carbons (Fsp3) is 0.250. The number of hydrogen-bond acceptors (Lipinski definition) is 5. The number of hydrogen-bond donors (Lipinski definition) is 0. The van der Waals surface area contributed by atoms with E-state index in [4.69, 9.17) is 9.15 Å². The van der Waals surface area contributed by atoms with Gasteiger partial charge in [0.05, 0.1) is 24.3 Å². The number of thioether (sulfide) groups is 1. The highest BCUT2D eigenvalue weighted by atomic mass is 32.2. The summed E-state index contributed by atoms with van der Waals surface area (Å²) >= 11 is 1.51. The number of carbonyl (C=O) groups is 1. The van der Waals surface area contributed by atoms with Gasteiger partial charge in [0.2, 0.25) is 0 Å². The molecule has 2 heterocycles. The summed E-state index contributed by atoms with van der Waals surface area (Å²) in [5.41, 5.74) is 4.24. The van der Waals surface area contributed by atoms with E-state index in [-0.39, 0.29) is 11.9 Å². The molecule has 5 nitrogen and oxygen atoms in total. The number of methoxy groups -OCH3 is 1. The lowest BCUT2D eigenvalue weighted by molar-refractivity contribution is -0.130. The van der Waals surface area contributed by atoms with Gasteiger partial charge in [-0.3, -0.25) is 4.79 Å². The molecule has 0 bridgehead atoms. The van der Waals surface area contributed by atoms with Gasteiger partial charge in [-0.25, -0.2) is 5.01 Å². The van der Waals surface area contributed by atoms with Crippen LogP contribution in [0.3, 0.4) is 0 Å².